The van der Waals surface area contributed by atoms with Crippen molar-refractivity contribution < 1.29 is 28.5 Å². The molecule has 2 atom stereocenters. The SMILES string of the molecule is CC(C)(C)OC(=O)N[C@@H]1C[C@H](OC2COC2)CC12CCN(C(=O)OC(C)(C)C)CC2. The van der Waals surface area contributed by atoms with Crippen molar-refractivity contribution in [3.05, 3.63) is 0 Å². The highest BCUT2D eigenvalue weighted by molar-refractivity contribution is 5.69. The first-order chi connectivity index (χ1) is 13.9. The first-order valence-corrected chi connectivity index (χ1v) is 11.1. The van der Waals surface area contributed by atoms with Gasteiger partial charge < -0.3 is 29.2 Å². The predicted molar refractivity (Wildman–Crippen MR) is 111 cm³/mol. The van der Waals surface area contributed by atoms with Gasteiger partial charge >= 0.3 is 12.2 Å². The summed E-state index contributed by atoms with van der Waals surface area (Å²) >= 11 is 0. The van der Waals surface area contributed by atoms with E-state index in [0.717, 1.165) is 25.7 Å². The lowest BCUT2D eigenvalue weighted by molar-refractivity contribution is -0.154. The topological polar surface area (TPSA) is 86.3 Å². The van der Waals surface area contributed by atoms with Crippen LogP contribution in [0.2, 0.25) is 0 Å². The zero-order valence-corrected chi connectivity index (χ0v) is 19.3. The molecule has 0 aromatic heterocycles. The lowest BCUT2D eigenvalue weighted by atomic mass is 9.74. The maximum atomic E-state index is 12.5. The molecule has 3 aliphatic rings. The lowest BCUT2D eigenvalue weighted by Gasteiger charge is -2.43. The molecule has 2 heterocycles. The molecule has 0 bridgehead atoms. The number of hydrogen-bond acceptors (Lipinski definition) is 6. The molecule has 0 aromatic rings. The smallest absolute Gasteiger partial charge is 0.410 e. The van der Waals surface area contributed by atoms with Crippen molar-refractivity contribution in [1.82, 2.24) is 10.2 Å². The second-order valence-electron chi connectivity index (χ2n) is 10.9. The van der Waals surface area contributed by atoms with Crippen molar-refractivity contribution in [3.8, 4) is 0 Å². The standard InChI is InChI=1S/C22H38N2O6/c1-20(2,3)29-18(25)23-17-11-15(28-16-13-27-14-16)12-22(17)7-9-24(10-8-22)19(26)30-21(4,5)6/h15-17H,7-14H2,1-6H3,(H,23,25)/t15-,17+/m0/s1. The Morgan fingerprint density at radius 2 is 1.57 bits per heavy atom. The van der Waals surface area contributed by atoms with E-state index in [0.29, 0.717) is 26.3 Å². The van der Waals surface area contributed by atoms with E-state index in [1.807, 2.05) is 41.5 Å². The van der Waals surface area contributed by atoms with E-state index in [1.165, 1.54) is 0 Å². The van der Waals surface area contributed by atoms with Crippen LogP contribution in [0.3, 0.4) is 0 Å². The highest BCUT2D eigenvalue weighted by atomic mass is 16.6. The van der Waals surface area contributed by atoms with Crippen molar-refractivity contribution >= 4 is 12.2 Å². The van der Waals surface area contributed by atoms with Gasteiger partial charge in [0.25, 0.3) is 0 Å². The third-order valence-electron chi connectivity index (χ3n) is 5.97. The van der Waals surface area contributed by atoms with Crippen LogP contribution in [0, 0.1) is 5.41 Å². The fraction of sp³-hybridized carbons (Fsp3) is 0.909. The minimum Gasteiger partial charge on any atom is -0.444 e. The Hall–Kier alpha value is -1.54. The number of ether oxygens (including phenoxy) is 4. The minimum absolute atomic E-state index is 0.0425. The Morgan fingerprint density at radius 3 is 2.07 bits per heavy atom. The average molecular weight is 427 g/mol. The van der Waals surface area contributed by atoms with Crippen molar-refractivity contribution in [2.45, 2.75) is 96.7 Å². The predicted octanol–water partition coefficient (Wildman–Crippen LogP) is 3.47. The van der Waals surface area contributed by atoms with Gasteiger partial charge in [0.2, 0.25) is 0 Å². The van der Waals surface area contributed by atoms with Gasteiger partial charge in [0.05, 0.1) is 19.3 Å². The molecule has 8 nitrogen and oxygen atoms in total. The van der Waals surface area contributed by atoms with Crippen LogP contribution in [-0.4, -0.2) is 72.8 Å². The van der Waals surface area contributed by atoms with E-state index in [9.17, 15) is 9.59 Å². The molecule has 2 amide bonds. The number of carbonyl (C=O) groups is 2. The number of likely N-dealkylation sites (tertiary alicyclic amines) is 1. The molecule has 1 aliphatic carbocycles. The Bertz CT molecular complexity index is 627. The lowest BCUT2D eigenvalue weighted by Crippen LogP contribution is -2.52. The van der Waals surface area contributed by atoms with E-state index in [2.05, 4.69) is 5.32 Å². The van der Waals surface area contributed by atoms with Gasteiger partial charge in [-0.2, -0.15) is 0 Å². The van der Waals surface area contributed by atoms with Crippen molar-refractivity contribution in [3.63, 3.8) is 0 Å². The number of hydrogen-bond donors (Lipinski definition) is 1. The summed E-state index contributed by atoms with van der Waals surface area (Å²) in [6.45, 7) is 13.7. The van der Waals surface area contributed by atoms with Crippen LogP contribution in [0.15, 0.2) is 0 Å². The number of nitrogens with one attached hydrogen (secondary N) is 1. The van der Waals surface area contributed by atoms with Gasteiger partial charge in [-0.3, -0.25) is 0 Å². The normalized spacial score (nSPS) is 26.9. The van der Waals surface area contributed by atoms with Gasteiger partial charge in [-0.05, 0) is 72.6 Å². The minimum atomic E-state index is -0.547. The second-order valence-corrected chi connectivity index (χ2v) is 10.9. The third-order valence-corrected chi connectivity index (χ3v) is 5.97. The Balaban J connectivity index is 1.64. The maximum Gasteiger partial charge on any atom is 0.410 e. The summed E-state index contributed by atoms with van der Waals surface area (Å²) in [5, 5.41) is 3.11. The molecule has 3 fully saturated rings. The molecule has 172 valence electrons. The maximum absolute atomic E-state index is 12.5. The number of carbonyl (C=O) groups excluding carboxylic acids is 2. The van der Waals surface area contributed by atoms with Gasteiger partial charge in [0.1, 0.15) is 17.3 Å². The molecule has 1 spiro atoms. The van der Waals surface area contributed by atoms with E-state index in [-0.39, 0.29) is 29.8 Å². The number of piperidine rings is 1. The molecule has 2 saturated heterocycles. The largest absolute Gasteiger partial charge is 0.444 e. The van der Waals surface area contributed by atoms with Crippen LogP contribution in [0.1, 0.15) is 67.2 Å². The Morgan fingerprint density at radius 1 is 0.967 bits per heavy atom. The number of alkyl carbamates (subject to hydrolysis) is 1. The molecule has 0 radical (unpaired) electrons. The van der Waals surface area contributed by atoms with Crippen molar-refractivity contribution in [2.75, 3.05) is 26.3 Å². The molecule has 30 heavy (non-hydrogen) atoms. The highest BCUT2D eigenvalue weighted by Crippen LogP contribution is 2.48. The fourth-order valence-electron chi connectivity index (χ4n) is 4.54. The van der Waals surface area contributed by atoms with Gasteiger partial charge in [-0.15, -0.1) is 0 Å². The Kier molecular flexibility index (Phi) is 6.58. The van der Waals surface area contributed by atoms with Crippen LogP contribution in [0.5, 0.6) is 0 Å². The van der Waals surface area contributed by atoms with Crippen LogP contribution in [0.4, 0.5) is 9.59 Å². The first kappa shape index (κ1) is 23.1. The first-order valence-electron chi connectivity index (χ1n) is 11.1. The van der Waals surface area contributed by atoms with Gasteiger partial charge in [0, 0.05) is 19.1 Å². The molecule has 8 heteroatoms. The van der Waals surface area contributed by atoms with E-state index in [1.54, 1.807) is 4.90 Å². The van der Waals surface area contributed by atoms with Crippen LogP contribution < -0.4 is 5.32 Å². The molecule has 2 aliphatic heterocycles. The summed E-state index contributed by atoms with van der Waals surface area (Å²) in [4.78, 5) is 26.7. The summed E-state index contributed by atoms with van der Waals surface area (Å²) in [5.41, 5.74) is -1.16. The van der Waals surface area contributed by atoms with Crippen LogP contribution in [-0.2, 0) is 18.9 Å². The fourth-order valence-corrected chi connectivity index (χ4v) is 4.54. The summed E-state index contributed by atoms with van der Waals surface area (Å²) in [5.74, 6) is 0. The van der Waals surface area contributed by atoms with Gasteiger partial charge in [0.15, 0.2) is 0 Å². The van der Waals surface area contributed by atoms with Crippen LogP contribution in [0.25, 0.3) is 0 Å². The summed E-state index contributed by atoms with van der Waals surface area (Å²) < 4.78 is 22.5. The summed E-state index contributed by atoms with van der Waals surface area (Å²) in [7, 11) is 0. The molecule has 1 N–H and O–H groups in total. The van der Waals surface area contributed by atoms with Crippen molar-refractivity contribution in [1.29, 1.82) is 0 Å². The molecular weight excluding hydrogens is 388 g/mol. The monoisotopic (exact) mass is 426 g/mol. The average Bonchev–Trinajstić information content (AvgIpc) is 2.85. The Labute approximate surface area is 179 Å². The zero-order valence-electron chi connectivity index (χ0n) is 19.3. The highest BCUT2D eigenvalue weighted by Gasteiger charge is 2.51. The number of amides is 2. The number of rotatable bonds is 3. The van der Waals surface area contributed by atoms with Crippen LogP contribution >= 0.6 is 0 Å². The molecule has 1 saturated carbocycles. The van der Waals surface area contributed by atoms with E-state index in [4.69, 9.17) is 18.9 Å². The van der Waals surface area contributed by atoms with Crippen molar-refractivity contribution in [2.24, 2.45) is 5.41 Å². The van der Waals surface area contributed by atoms with Gasteiger partial charge in [-0.25, -0.2) is 9.59 Å². The zero-order chi connectivity index (χ0) is 22.2. The summed E-state index contributed by atoms with van der Waals surface area (Å²) in [6.07, 6.45) is 2.78. The molecule has 0 aromatic carbocycles. The van der Waals surface area contributed by atoms with Gasteiger partial charge in [-0.1, -0.05) is 0 Å². The molecular formula is C22H38N2O6. The molecule has 3 rings (SSSR count). The van der Waals surface area contributed by atoms with E-state index < -0.39 is 17.3 Å². The third kappa shape index (κ3) is 6.00. The quantitative estimate of drug-likeness (QED) is 0.744. The van der Waals surface area contributed by atoms with E-state index >= 15 is 0 Å². The molecule has 0 unspecified atom stereocenters. The second kappa shape index (κ2) is 8.54. The number of nitrogens with zero attached hydrogens (tertiary/aromatic N) is 1. The summed E-state index contributed by atoms with van der Waals surface area (Å²) in [6, 6.07) is -0.0425.